The quantitative estimate of drug-likeness (QED) is 0.800. The van der Waals surface area contributed by atoms with Crippen LogP contribution in [0.4, 0.5) is 4.79 Å². The highest BCUT2D eigenvalue weighted by molar-refractivity contribution is 5.69. The fourth-order valence-electron chi connectivity index (χ4n) is 2.27. The van der Waals surface area contributed by atoms with E-state index in [0.29, 0.717) is 6.61 Å². The highest BCUT2D eigenvalue weighted by atomic mass is 16.6. The Labute approximate surface area is 115 Å². The number of rotatable bonds is 4. The van der Waals surface area contributed by atoms with E-state index in [-0.39, 0.29) is 18.7 Å². The summed E-state index contributed by atoms with van der Waals surface area (Å²) in [6, 6.07) is 0.0244. The summed E-state index contributed by atoms with van der Waals surface area (Å²) in [6.07, 6.45) is 2.12. The van der Waals surface area contributed by atoms with E-state index < -0.39 is 11.3 Å². The lowest BCUT2D eigenvalue weighted by atomic mass is 10.1. The van der Waals surface area contributed by atoms with Crippen LogP contribution in [0.15, 0.2) is 0 Å². The first-order valence-electron chi connectivity index (χ1n) is 6.94. The minimum absolute atomic E-state index is 0.0244. The molecular weight excluding hydrogens is 246 g/mol. The van der Waals surface area contributed by atoms with Gasteiger partial charge in [-0.15, -0.1) is 0 Å². The van der Waals surface area contributed by atoms with Crippen LogP contribution in [0.5, 0.6) is 0 Å². The Balaban J connectivity index is 2.69. The molecule has 5 heteroatoms. The fraction of sp³-hybridized carbons (Fsp3) is 0.929. The highest BCUT2D eigenvalue weighted by Crippen LogP contribution is 2.31. The van der Waals surface area contributed by atoms with Gasteiger partial charge in [-0.2, -0.15) is 0 Å². The van der Waals surface area contributed by atoms with Crippen LogP contribution in [0.1, 0.15) is 53.9 Å². The number of unbranched alkanes of at least 4 members (excludes halogenated alkanes) is 1. The summed E-state index contributed by atoms with van der Waals surface area (Å²) in [5.41, 5.74) is -1.14. The lowest BCUT2D eigenvalue weighted by Crippen LogP contribution is -2.49. The third kappa shape index (κ3) is 4.66. The highest BCUT2D eigenvalue weighted by Gasteiger charge is 2.45. The van der Waals surface area contributed by atoms with Crippen LogP contribution in [-0.2, 0) is 9.47 Å². The van der Waals surface area contributed by atoms with Gasteiger partial charge >= 0.3 is 6.09 Å². The molecule has 1 rings (SSSR count). The van der Waals surface area contributed by atoms with Crippen molar-refractivity contribution in [2.45, 2.75) is 71.2 Å². The Bertz CT molecular complexity index is 309. The van der Waals surface area contributed by atoms with Crippen LogP contribution in [-0.4, -0.2) is 46.7 Å². The predicted molar refractivity (Wildman–Crippen MR) is 72.8 cm³/mol. The summed E-state index contributed by atoms with van der Waals surface area (Å²) in [5.74, 6) is 0. The lowest BCUT2D eigenvalue weighted by Gasteiger charge is -2.35. The number of hydrogen-bond donors (Lipinski definition) is 1. The summed E-state index contributed by atoms with van der Waals surface area (Å²) in [4.78, 5) is 14.0. The minimum atomic E-state index is -0.633. The SMILES string of the molecule is CC(C)(C)OC(=O)N1[C@H](CCCCO)COC1(C)C. The van der Waals surface area contributed by atoms with Gasteiger partial charge in [-0.05, 0) is 53.9 Å². The Hall–Kier alpha value is -0.810. The maximum atomic E-state index is 12.3. The van der Waals surface area contributed by atoms with Crippen molar-refractivity contribution < 1.29 is 19.4 Å². The molecule has 1 saturated heterocycles. The lowest BCUT2D eigenvalue weighted by molar-refractivity contribution is -0.0627. The maximum absolute atomic E-state index is 12.3. The van der Waals surface area contributed by atoms with Crippen molar-refractivity contribution in [3.8, 4) is 0 Å². The molecule has 1 aliphatic rings. The van der Waals surface area contributed by atoms with Gasteiger partial charge in [0.15, 0.2) is 0 Å². The number of nitrogens with zero attached hydrogens (tertiary/aromatic N) is 1. The predicted octanol–water partition coefficient (Wildman–Crippen LogP) is 2.52. The van der Waals surface area contributed by atoms with E-state index >= 15 is 0 Å². The first-order valence-corrected chi connectivity index (χ1v) is 6.94. The first-order chi connectivity index (χ1) is 8.67. The molecular formula is C14H27NO4. The van der Waals surface area contributed by atoms with Crippen molar-refractivity contribution in [1.29, 1.82) is 0 Å². The second kappa shape index (κ2) is 6.09. The van der Waals surface area contributed by atoms with Crippen molar-refractivity contribution in [3.05, 3.63) is 0 Å². The molecule has 1 N–H and O–H groups in total. The maximum Gasteiger partial charge on any atom is 0.412 e. The molecule has 0 radical (unpaired) electrons. The summed E-state index contributed by atoms with van der Waals surface area (Å²) in [5, 5.41) is 8.83. The Kier molecular flexibility index (Phi) is 5.21. The molecule has 0 aliphatic carbocycles. The standard InChI is InChI=1S/C14H27NO4/c1-13(2,3)19-12(17)15-11(8-6-7-9-16)10-18-14(15,4)5/h11,16H,6-10H2,1-5H3/t11-/m1/s1. The van der Waals surface area contributed by atoms with Crippen LogP contribution in [0.2, 0.25) is 0 Å². The molecule has 112 valence electrons. The number of aliphatic hydroxyl groups excluding tert-OH is 1. The molecule has 0 aromatic heterocycles. The van der Waals surface area contributed by atoms with E-state index in [1.54, 1.807) is 4.90 Å². The summed E-state index contributed by atoms with van der Waals surface area (Å²) < 4.78 is 11.1. The second-order valence-electron chi connectivity index (χ2n) is 6.48. The summed E-state index contributed by atoms with van der Waals surface area (Å²) >= 11 is 0. The Morgan fingerprint density at radius 1 is 1.42 bits per heavy atom. The zero-order valence-corrected chi connectivity index (χ0v) is 12.7. The van der Waals surface area contributed by atoms with Crippen LogP contribution >= 0.6 is 0 Å². The third-order valence-electron chi connectivity index (χ3n) is 3.11. The van der Waals surface area contributed by atoms with Gasteiger partial charge in [0, 0.05) is 6.61 Å². The zero-order chi connectivity index (χ0) is 14.7. The molecule has 0 bridgehead atoms. The molecule has 0 spiro atoms. The first kappa shape index (κ1) is 16.2. The van der Waals surface area contributed by atoms with E-state index in [4.69, 9.17) is 14.6 Å². The van der Waals surface area contributed by atoms with Gasteiger partial charge in [-0.1, -0.05) is 0 Å². The monoisotopic (exact) mass is 273 g/mol. The van der Waals surface area contributed by atoms with E-state index in [2.05, 4.69) is 0 Å². The van der Waals surface area contributed by atoms with Gasteiger partial charge < -0.3 is 14.6 Å². The fourth-order valence-corrected chi connectivity index (χ4v) is 2.27. The Morgan fingerprint density at radius 3 is 2.58 bits per heavy atom. The molecule has 0 saturated carbocycles. The number of carbonyl (C=O) groups is 1. The van der Waals surface area contributed by atoms with E-state index in [1.807, 2.05) is 34.6 Å². The smallest absolute Gasteiger partial charge is 0.412 e. The molecule has 5 nitrogen and oxygen atoms in total. The van der Waals surface area contributed by atoms with Crippen molar-refractivity contribution in [3.63, 3.8) is 0 Å². The van der Waals surface area contributed by atoms with Crippen molar-refractivity contribution in [2.75, 3.05) is 13.2 Å². The zero-order valence-electron chi connectivity index (χ0n) is 12.7. The third-order valence-corrected chi connectivity index (χ3v) is 3.11. The normalized spacial score (nSPS) is 22.6. The van der Waals surface area contributed by atoms with Crippen LogP contribution in [0.25, 0.3) is 0 Å². The second-order valence-corrected chi connectivity index (χ2v) is 6.48. The Morgan fingerprint density at radius 2 is 2.05 bits per heavy atom. The minimum Gasteiger partial charge on any atom is -0.444 e. The topological polar surface area (TPSA) is 59.0 Å². The van der Waals surface area contributed by atoms with Crippen molar-refractivity contribution in [2.24, 2.45) is 0 Å². The van der Waals surface area contributed by atoms with Gasteiger partial charge in [0.2, 0.25) is 0 Å². The van der Waals surface area contributed by atoms with Gasteiger partial charge in [0.05, 0.1) is 12.6 Å². The molecule has 19 heavy (non-hydrogen) atoms. The van der Waals surface area contributed by atoms with Crippen molar-refractivity contribution in [1.82, 2.24) is 4.90 Å². The molecule has 1 heterocycles. The number of aliphatic hydroxyl groups is 1. The average molecular weight is 273 g/mol. The van der Waals surface area contributed by atoms with Gasteiger partial charge in [0.1, 0.15) is 11.3 Å². The molecule has 0 aromatic rings. The number of ether oxygens (including phenoxy) is 2. The summed E-state index contributed by atoms with van der Waals surface area (Å²) in [6.45, 7) is 10.0. The van der Waals surface area contributed by atoms with Gasteiger partial charge in [-0.25, -0.2) is 4.79 Å². The number of hydrogen-bond acceptors (Lipinski definition) is 4. The van der Waals surface area contributed by atoms with Gasteiger partial charge in [-0.3, -0.25) is 4.90 Å². The average Bonchev–Trinajstić information content (AvgIpc) is 2.52. The van der Waals surface area contributed by atoms with Gasteiger partial charge in [0.25, 0.3) is 0 Å². The summed E-state index contributed by atoms with van der Waals surface area (Å²) in [7, 11) is 0. The number of amides is 1. The molecule has 1 aliphatic heterocycles. The number of carbonyl (C=O) groups excluding carboxylic acids is 1. The van der Waals surface area contributed by atoms with Crippen LogP contribution in [0, 0.1) is 0 Å². The van der Waals surface area contributed by atoms with E-state index in [9.17, 15) is 4.79 Å². The molecule has 1 fully saturated rings. The molecule has 1 amide bonds. The molecule has 0 unspecified atom stereocenters. The molecule has 1 atom stereocenters. The van der Waals surface area contributed by atoms with E-state index in [0.717, 1.165) is 19.3 Å². The van der Waals surface area contributed by atoms with E-state index in [1.165, 1.54) is 0 Å². The molecule has 0 aromatic carbocycles. The van der Waals surface area contributed by atoms with Crippen LogP contribution in [0.3, 0.4) is 0 Å². The van der Waals surface area contributed by atoms with Crippen LogP contribution < -0.4 is 0 Å². The largest absolute Gasteiger partial charge is 0.444 e. The van der Waals surface area contributed by atoms with Crippen molar-refractivity contribution >= 4 is 6.09 Å².